The number of sulfone groups is 1. The van der Waals surface area contributed by atoms with Crippen LogP contribution in [0.1, 0.15) is 12.5 Å². The first-order valence-corrected chi connectivity index (χ1v) is 14.9. The second-order valence-corrected chi connectivity index (χ2v) is 12.2. The first-order chi connectivity index (χ1) is 19.4. The Morgan fingerprint density at radius 3 is 2.63 bits per heavy atom. The quantitative estimate of drug-likeness (QED) is 0.321. The monoisotopic (exact) mass is 596 g/mol. The Bertz CT molecular complexity index is 1900. The Morgan fingerprint density at radius 2 is 1.98 bits per heavy atom. The van der Waals surface area contributed by atoms with Crippen LogP contribution in [-0.2, 0) is 14.6 Å². The zero-order chi connectivity index (χ0) is 29.6. The predicted molar refractivity (Wildman–Crippen MR) is 155 cm³/mol. The third-order valence-electron chi connectivity index (χ3n) is 7.04. The number of hydrogen-bond donors (Lipinski definition) is 0. The van der Waals surface area contributed by atoms with Gasteiger partial charge in [-0.2, -0.15) is 4.98 Å². The number of rotatable bonds is 5. The molecule has 13 heteroatoms. The molecule has 1 aromatic carbocycles. The van der Waals surface area contributed by atoms with Gasteiger partial charge in [-0.15, -0.1) is 0 Å². The number of anilines is 1. The molecule has 1 aliphatic rings. The first kappa shape index (κ1) is 28.4. The summed E-state index contributed by atoms with van der Waals surface area (Å²) in [7, 11) is -3.80. The van der Waals surface area contributed by atoms with Crippen molar-refractivity contribution in [3.8, 4) is 16.9 Å². The van der Waals surface area contributed by atoms with Gasteiger partial charge in [-0.3, -0.25) is 9.78 Å². The Labute approximate surface area is 240 Å². The molecule has 1 amide bonds. The fraction of sp³-hybridized carbons (Fsp3) is 0.250. The summed E-state index contributed by atoms with van der Waals surface area (Å²) in [6, 6.07) is 7.06. The summed E-state index contributed by atoms with van der Waals surface area (Å²) in [6.07, 6.45) is 5.07. The van der Waals surface area contributed by atoms with Crippen molar-refractivity contribution in [1.29, 1.82) is 0 Å². The number of pyridine rings is 2. The van der Waals surface area contributed by atoms with Crippen molar-refractivity contribution in [2.24, 2.45) is 0 Å². The average Bonchev–Trinajstić information content (AvgIpc) is 2.92. The summed E-state index contributed by atoms with van der Waals surface area (Å²) >= 11 is 6.33. The number of halogens is 2. The third-order valence-corrected chi connectivity index (χ3v) is 8.47. The number of carbonyl (C=O) groups excluding carboxylic acids is 1. The van der Waals surface area contributed by atoms with E-state index in [1.165, 1.54) is 36.7 Å². The summed E-state index contributed by atoms with van der Waals surface area (Å²) in [4.78, 5) is 42.3. The van der Waals surface area contributed by atoms with E-state index in [0.717, 1.165) is 10.8 Å². The molecule has 0 N–H and O–H groups in total. The number of piperazine rings is 1. The fourth-order valence-corrected chi connectivity index (χ4v) is 6.24. The van der Waals surface area contributed by atoms with Gasteiger partial charge in [0.15, 0.2) is 15.5 Å². The van der Waals surface area contributed by atoms with E-state index in [4.69, 9.17) is 11.6 Å². The number of aryl methyl sites for hydroxylation is 1. The van der Waals surface area contributed by atoms with Crippen molar-refractivity contribution in [2.45, 2.75) is 24.8 Å². The van der Waals surface area contributed by atoms with Crippen LogP contribution in [0.25, 0.3) is 28.0 Å². The number of hydrogen-bond acceptors (Lipinski definition) is 8. The van der Waals surface area contributed by atoms with Crippen LogP contribution in [0, 0.1) is 12.7 Å². The van der Waals surface area contributed by atoms with E-state index in [-0.39, 0.29) is 55.7 Å². The summed E-state index contributed by atoms with van der Waals surface area (Å²) < 4.78 is 42.5. The number of aromatic nitrogens is 4. The van der Waals surface area contributed by atoms with Gasteiger partial charge in [0.05, 0.1) is 21.0 Å². The highest BCUT2D eigenvalue weighted by Crippen LogP contribution is 2.34. The largest absolute Gasteiger partial charge is 0.355 e. The van der Waals surface area contributed by atoms with Gasteiger partial charge in [-0.05, 0) is 43.7 Å². The molecular weight excluding hydrogens is 571 g/mol. The summed E-state index contributed by atoms with van der Waals surface area (Å²) in [6.45, 7) is 8.04. The van der Waals surface area contributed by atoms with E-state index in [0.29, 0.717) is 25.2 Å². The number of para-hydroxylation sites is 1. The maximum atomic E-state index is 15.8. The first-order valence-electron chi connectivity index (χ1n) is 12.6. The van der Waals surface area contributed by atoms with Crippen LogP contribution >= 0.6 is 11.6 Å². The lowest BCUT2D eigenvalue weighted by molar-refractivity contribution is -0.126. The second-order valence-electron chi connectivity index (χ2n) is 9.82. The number of carbonyl (C=O) groups is 1. The molecular formula is C28H26ClFN6O4S. The van der Waals surface area contributed by atoms with Gasteiger partial charge in [-0.25, -0.2) is 27.2 Å². The number of fused-ring (bicyclic) bond motifs is 1. The molecule has 1 fully saturated rings. The maximum absolute atomic E-state index is 15.8. The van der Waals surface area contributed by atoms with Gasteiger partial charge < -0.3 is 9.80 Å². The van der Waals surface area contributed by atoms with Crippen molar-refractivity contribution < 1.29 is 17.6 Å². The molecule has 4 aromatic rings. The molecule has 0 unspecified atom stereocenters. The summed E-state index contributed by atoms with van der Waals surface area (Å²) in [5, 5.41) is 0.333. The predicted octanol–water partition coefficient (Wildman–Crippen LogP) is 3.57. The van der Waals surface area contributed by atoms with E-state index in [9.17, 15) is 18.0 Å². The molecule has 0 aliphatic carbocycles. The van der Waals surface area contributed by atoms with E-state index >= 15 is 4.39 Å². The van der Waals surface area contributed by atoms with Gasteiger partial charge in [-0.1, -0.05) is 30.3 Å². The van der Waals surface area contributed by atoms with E-state index in [2.05, 4.69) is 21.5 Å². The van der Waals surface area contributed by atoms with Crippen molar-refractivity contribution >= 4 is 44.2 Å². The zero-order valence-electron chi connectivity index (χ0n) is 22.5. The molecule has 4 heterocycles. The molecule has 1 saturated heterocycles. The standard InChI is InChI=1S/C28H26ClFN6O4S/c1-5-23(37)34-11-12-35(17(3)15-34)26-19-13-21(30)24(18-9-10-31-14-20(18)29)32-27(19)36(28(38)33-26)25-16(2)7-6-8-22(25)41(4,39)40/h5-10,13-14,17H,1,11-12,15H2,2-4H3/t17-/m0/s1. The molecule has 0 bridgehead atoms. The Balaban J connectivity index is 1.84. The number of benzene rings is 1. The highest BCUT2D eigenvalue weighted by Gasteiger charge is 2.31. The SMILES string of the molecule is C=CC(=O)N1CCN(c2nc(=O)n(-c3c(C)cccc3S(C)(=O)=O)c3nc(-c4ccncc4Cl)c(F)cc23)[C@@H](C)C1. The van der Waals surface area contributed by atoms with Crippen LogP contribution in [0.15, 0.2) is 65.1 Å². The lowest BCUT2D eigenvalue weighted by Gasteiger charge is -2.40. The topological polar surface area (TPSA) is 118 Å². The fourth-order valence-electron chi connectivity index (χ4n) is 5.10. The smallest absolute Gasteiger partial charge is 0.350 e. The van der Waals surface area contributed by atoms with Crippen LogP contribution in [0.4, 0.5) is 10.2 Å². The average molecular weight is 597 g/mol. The van der Waals surface area contributed by atoms with Crippen LogP contribution < -0.4 is 10.6 Å². The molecule has 1 atom stereocenters. The minimum absolute atomic E-state index is 0.000256. The normalized spacial score (nSPS) is 15.8. The van der Waals surface area contributed by atoms with Gasteiger partial charge in [0, 0.05) is 49.9 Å². The van der Waals surface area contributed by atoms with Gasteiger partial charge in [0.2, 0.25) is 5.91 Å². The van der Waals surface area contributed by atoms with Crippen LogP contribution in [0.2, 0.25) is 5.02 Å². The van der Waals surface area contributed by atoms with Crippen molar-refractivity contribution in [2.75, 3.05) is 30.8 Å². The van der Waals surface area contributed by atoms with Crippen molar-refractivity contribution in [3.05, 3.63) is 82.3 Å². The van der Waals surface area contributed by atoms with Gasteiger partial charge >= 0.3 is 5.69 Å². The Morgan fingerprint density at radius 1 is 1.22 bits per heavy atom. The van der Waals surface area contributed by atoms with Crippen molar-refractivity contribution in [1.82, 2.24) is 24.4 Å². The summed E-state index contributed by atoms with van der Waals surface area (Å²) in [5.41, 5.74) is -0.139. The lowest BCUT2D eigenvalue weighted by atomic mass is 10.1. The van der Waals surface area contributed by atoms with Gasteiger partial charge in [0.1, 0.15) is 17.3 Å². The second kappa shape index (κ2) is 10.7. The number of amides is 1. The molecule has 0 radical (unpaired) electrons. The molecule has 5 rings (SSSR count). The van der Waals surface area contributed by atoms with E-state index < -0.39 is 21.3 Å². The Hall–Kier alpha value is -4.16. The van der Waals surface area contributed by atoms with Crippen molar-refractivity contribution in [3.63, 3.8) is 0 Å². The molecule has 212 valence electrons. The van der Waals surface area contributed by atoms with Crippen LogP contribution in [0.3, 0.4) is 0 Å². The summed E-state index contributed by atoms with van der Waals surface area (Å²) in [5.74, 6) is -0.767. The third kappa shape index (κ3) is 5.08. The van der Waals surface area contributed by atoms with E-state index in [1.54, 1.807) is 24.0 Å². The molecule has 3 aromatic heterocycles. The molecule has 0 saturated carbocycles. The highest BCUT2D eigenvalue weighted by molar-refractivity contribution is 7.90. The molecule has 0 spiro atoms. The lowest BCUT2D eigenvalue weighted by Crippen LogP contribution is -2.54. The molecule has 1 aliphatic heterocycles. The minimum atomic E-state index is -3.80. The van der Waals surface area contributed by atoms with Gasteiger partial charge in [0.25, 0.3) is 0 Å². The van der Waals surface area contributed by atoms with Crippen LogP contribution in [-0.4, -0.2) is 70.7 Å². The Kier molecular flexibility index (Phi) is 7.39. The molecule has 10 nitrogen and oxygen atoms in total. The maximum Gasteiger partial charge on any atom is 0.355 e. The zero-order valence-corrected chi connectivity index (χ0v) is 24.1. The molecule has 41 heavy (non-hydrogen) atoms. The van der Waals surface area contributed by atoms with E-state index in [1.807, 2.05) is 11.8 Å². The highest BCUT2D eigenvalue weighted by atomic mass is 35.5. The van der Waals surface area contributed by atoms with Crippen LogP contribution in [0.5, 0.6) is 0 Å². The minimum Gasteiger partial charge on any atom is -0.350 e. The number of nitrogens with zero attached hydrogens (tertiary/aromatic N) is 6.